The number of primary amides is 2. The molecule has 12 nitrogen and oxygen atoms in total. The van der Waals surface area contributed by atoms with Gasteiger partial charge in [-0.2, -0.15) is 0 Å². The summed E-state index contributed by atoms with van der Waals surface area (Å²) in [6, 6.07) is 7.76. The number of pyridine rings is 2. The molecule has 12 rings (SSSR count). The maximum Gasteiger partial charge on any atom is 0.223 e. The van der Waals surface area contributed by atoms with E-state index in [2.05, 4.69) is 42.3 Å². The summed E-state index contributed by atoms with van der Waals surface area (Å²) < 4.78 is 2.24. The number of nitrogens with two attached hydrogens (primary N) is 4. The van der Waals surface area contributed by atoms with Gasteiger partial charge >= 0.3 is 0 Å². The topological polar surface area (TPSA) is 193 Å². The van der Waals surface area contributed by atoms with E-state index in [0.29, 0.717) is 38.2 Å². The number of carbonyl (C=O) groups is 2. The average molecular weight is 800 g/mol. The highest BCUT2D eigenvalue weighted by Crippen LogP contribution is 2.73. The van der Waals surface area contributed by atoms with Gasteiger partial charge in [-0.05, 0) is 104 Å². The first-order chi connectivity index (χ1) is 27.0. The van der Waals surface area contributed by atoms with Gasteiger partial charge in [0.05, 0.1) is 57.8 Å². The molecule has 2 aromatic carbocycles. The van der Waals surface area contributed by atoms with E-state index in [1.54, 1.807) is 12.4 Å². The standard InChI is InChI=1S/C21H18ClN5O.C15H11ClN4.C7H11NO/c1-11-3-17-12(4-16(11)25-2)14(13-5-26-6-15(23)18(13)22)7-27(17)21-8-20(9-21,10-21)19(24)28;1-8-3-14-9(4-13(8)18-2)10(6-20-14)11-5-19-7-12(17)15(11)16;1-6-2-7(3-6,4-6)5(8)9/h3-7H,8-10,23H2,1H3,(H2,24,28);3-7,20H,17H2,1H3;2-4H2,1H3,(H2,8,9). The van der Waals surface area contributed by atoms with Gasteiger partial charge in [0, 0.05) is 63.6 Å². The van der Waals surface area contributed by atoms with Gasteiger partial charge in [0.1, 0.15) is 0 Å². The number of rotatable bonds is 5. The summed E-state index contributed by atoms with van der Waals surface area (Å²) in [5.41, 5.74) is 31.8. The fourth-order valence-corrected chi connectivity index (χ4v) is 10.2. The number of hydrogen-bond donors (Lipinski definition) is 5. The molecule has 0 radical (unpaired) electrons. The van der Waals surface area contributed by atoms with Crippen LogP contribution in [0, 0.1) is 43.2 Å². The van der Waals surface area contributed by atoms with E-state index < -0.39 is 0 Å². The van der Waals surface area contributed by atoms with E-state index in [1.165, 1.54) is 12.4 Å². The van der Waals surface area contributed by atoms with Crippen LogP contribution in [0.2, 0.25) is 10.0 Å². The Kier molecular flexibility index (Phi) is 8.62. The number of benzene rings is 2. The van der Waals surface area contributed by atoms with Crippen LogP contribution in [0.1, 0.15) is 56.6 Å². The average Bonchev–Trinajstić information content (AvgIpc) is 3.68. The summed E-state index contributed by atoms with van der Waals surface area (Å²) >= 11 is 12.7. The maximum absolute atomic E-state index is 11.8. The van der Waals surface area contributed by atoms with Crippen LogP contribution in [0.4, 0.5) is 22.7 Å². The van der Waals surface area contributed by atoms with E-state index in [-0.39, 0.29) is 28.2 Å². The van der Waals surface area contributed by atoms with Crippen molar-refractivity contribution in [3.63, 3.8) is 0 Å². The Morgan fingerprint density at radius 2 is 1.23 bits per heavy atom. The molecule has 9 N–H and O–H groups in total. The third-order valence-electron chi connectivity index (χ3n) is 12.6. The minimum absolute atomic E-state index is 0.0330. The van der Waals surface area contributed by atoms with Crippen LogP contribution >= 0.6 is 23.2 Å². The van der Waals surface area contributed by atoms with E-state index in [1.807, 2.05) is 44.3 Å². The monoisotopic (exact) mass is 798 g/mol. The number of anilines is 2. The van der Waals surface area contributed by atoms with Crippen molar-refractivity contribution in [2.45, 2.75) is 64.8 Å². The molecule has 0 spiro atoms. The Hall–Kier alpha value is -6.08. The first-order valence-electron chi connectivity index (χ1n) is 18.4. The summed E-state index contributed by atoms with van der Waals surface area (Å²) in [4.78, 5) is 41.1. The van der Waals surface area contributed by atoms with Crippen molar-refractivity contribution in [1.29, 1.82) is 0 Å². The van der Waals surface area contributed by atoms with Gasteiger partial charge in [-0.3, -0.25) is 19.6 Å². The van der Waals surface area contributed by atoms with Gasteiger partial charge in [-0.25, -0.2) is 9.69 Å². The molecule has 4 aromatic heterocycles. The van der Waals surface area contributed by atoms with Crippen molar-refractivity contribution in [1.82, 2.24) is 19.5 Å². The van der Waals surface area contributed by atoms with Gasteiger partial charge in [0.25, 0.3) is 0 Å². The van der Waals surface area contributed by atoms with Crippen LogP contribution < -0.4 is 22.9 Å². The van der Waals surface area contributed by atoms with Crippen LogP contribution in [0.5, 0.6) is 0 Å². The number of H-pyrrole nitrogens is 1. The molecule has 6 fully saturated rings. The van der Waals surface area contributed by atoms with Gasteiger partial charge in [-0.15, -0.1) is 0 Å². The molecule has 288 valence electrons. The first kappa shape index (κ1) is 37.8. The minimum Gasteiger partial charge on any atom is -0.396 e. The summed E-state index contributed by atoms with van der Waals surface area (Å²) in [5, 5.41) is 2.80. The predicted molar refractivity (Wildman–Crippen MR) is 225 cm³/mol. The molecular formula is C43H40Cl2N10O2. The fourth-order valence-electron chi connectivity index (χ4n) is 9.81. The lowest BCUT2D eigenvalue weighted by molar-refractivity contribution is -0.196. The molecule has 2 amide bonds. The van der Waals surface area contributed by atoms with E-state index in [4.69, 9.17) is 59.3 Å². The molecule has 0 aliphatic heterocycles. The summed E-state index contributed by atoms with van der Waals surface area (Å²) in [6.07, 6.45) is 15.8. The molecular weight excluding hydrogens is 759 g/mol. The second-order valence-electron chi connectivity index (χ2n) is 16.7. The van der Waals surface area contributed by atoms with E-state index >= 15 is 0 Å². The summed E-state index contributed by atoms with van der Waals surface area (Å²) in [7, 11) is 0. The second kappa shape index (κ2) is 13.0. The van der Waals surface area contributed by atoms with Crippen molar-refractivity contribution in [3.05, 3.63) is 105 Å². The Balaban J connectivity index is 0.000000136. The number of hydrogen-bond acceptors (Lipinski definition) is 6. The number of nitrogen functional groups attached to an aromatic ring is 2. The van der Waals surface area contributed by atoms with Crippen LogP contribution in [-0.2, 0) is 15.1 Å². The van der Waals surface area contributed by atoms with Gasteiger partial charge in [0.2, 0.25) is 11.8 Å². The number of nitrogens with one attached hydrogen (secondary N) is 1. The molecule has 0 saturated heterocycles. The molecule has 14 heteroatoms. The maximum atomic E-state index is 11.8. The highest BCUT2D eigenvalue weighted by Gasteiger charge is 2.72. The Bertz CT molecular complexity index is 2770. The Morgan fingerprint density at radius 1 is 0.737 bits per heavy atom. The summed E-state index contributed by atoms with van der Waals surface area (Å²) in [6.45, 7) is 20.8. The van der Waals surface area contributed by atoms with E-state index in [0.717, 1.165) is 93.7 Å². The zero-order valence-corrected chi connectivity index (χ0v) is 33.1. The lowest BCUT2D eigenvalue weighted by atomic mass is 9.36. The van der Waals surface area contributed by atoms with Crippen molar-refractivity contribution < 1.29 is 9.59 Å². The van der Waals surface area contributed by atoms with Crippen molar-refractivity contribution >= 4 is 79.6 Å². The SMILES string of the molecule is CC12CC(C(N)=O)(C1)C2.[C-]#[N+]c1cc2c(-c3cncc(N)c3Cl)c[nH]c2cc1C.[C-]#[N+]c1cc2c(-c3cncc(N)c3Cl)cn(C34CC(C(N)=O)(C3)C4)c2cc1C. The Morgan fingerprint density at radius 3 is 1.72 bits per heavy atom. The highest BCUT2D eigenvalue weighted by molar-refractivity contribution is 6.36. The number of carbonyl (C=O) groups excluding carboxylic acids is 2. The number of halogens is 2. The molecule has 4 bridgehead atoms. The van der Waals surface area contributed by atoms with E-state index in [9.17, 15) is 9.59 Å². The predicted octanol–water partition coefficient (Wildman–Crippen LogP) is 9.15. The first-order valence-corrected chi connectivity index (χ1v) is 19.2. The molecule has 6 aromatic rings. The lowest BCUT2D eigenvalue weighted by Crippen LogP contribution is -2.71. The smallest absolute Gasteiger partial charge is 0.223 e. The molecule has 0 unspecified atom stereocenters. The number of aryl methyl sites for hydroxylation is 2. The number of nitrogens with zero attached hydrogens (tertiary/aromatic N) is 5. The van der Waals surface area contributed by atoms with Crippen LogP contribution in [0.3, 0.4) is 0 Å². The molecule has 6 aliphatic carbocycles. The molecule has 57 heavy (non-hydrogen) atoms. The third-order valence-corrected chi connectivity index (χ3v) is 13.5. The number of aromatic amines is 1. The van der Waals surface area contributed by atoms with Crippen LogP contribution in [0.15, 0.2) is 61.4 Å². The quantitative estimate of drug-likeness (QED) is 0.108. The van der Waals surface area contributed by atoms with Crippen LogP contribution in [-0.4, -0.2) is 31.3 Å². The van der Waals surface area contributed by atoms with Gasteiger partial charge in [0.15, 0.2) is 11.4 Å². The summed E-state index contributed by atoms with van der Waals surface area (Å²) in [5.74, 6) is -0.285. The van der Waals surface area contributed by atoms with Crippen molar-refractivity contribution in [2.24, 2.45) is 27.7 Å². The number of aromatic nitrogens is 4. The molecule has 0 atom stereocenters. The van der Waals surface area contributed by atoms with Gasteiger partial charge in [-0.1, -0.05) is 30.1 Å². The Labute approximate surface area is 339 Å². The molecule has 6 aliphatic rings. The third kappa shape index (κ3) is 5.77. The second-order valence-corrected chi connectivity index (χ2v) is 17.5. The molecule has 4 heterocycles. The lowest BCUT2D eigenvalue weighted by Gasteiger charge is -2.69. The largest absolute Gasteiger partial charge is 0.396 e. The molecule has 6 saturated carbocycles. The fraction of sp³-hybridized carbons (Fsp3) is 0.302. The zero-order chi connectivity index (χ0) is 40.8. The normalized spacial score (nSPS) is 24.5. The van der Waals surface area contributed by atoms with Crippen molar-refractivity contribution in [3.8, 4) is 22.3 Å². The minimum atomic E-state index is -0.349. The van der Waals surface area contributed by atoms with Crippen molar-refractivity contribution in [2.75, 3.05) is 11.5 Å². The number of amides is 2. The number of fused-ring (bicyclic) bond motifs is 2. The van der Waals surface area contributed by atoms with Gasteiger partial charge < -0.3 is 32.5 Å². The zero-order valence-electron chi connectivity index (χ0n) is 31.6. The highest BCUT2D eigenvalue weighted by atomic mass is 35.5. The van der Waals surface area contributed by atoms with Crippen LogP contribution in [0.25, 0.3) is 53.7 Å².